The van der Waals surface area contributed by atoms with Crippen LogP contribution < -0.4 is 10.6 Å². The van der Waals surface area contributed by atoms with E-state index in [1.165, 1.54) is 0 Å². The summed E-state index contributed by atoms with van der Waals surface area (Å²) in [6.07, 6.45) is 3.28. The first-order valence-electron chi connectivity index (χ1n) is 7.30. The number of fused-ring (bicyclic) bond motifs is 1. The van der Waals surface area contributed by atoms with Crippen molar-refractivity contribution in [2.45, 2.75) is 26.3 Å². The third kappa shape index (κ3) is 2.59. The van der Waals surface area contributed by atoms with Gasteiger partial charge in [0.2, 0.25) is 5.95 Å². The molecule has 0 aliphatic carbocycles. The van der Waals surface area contributed by atoms with Gasteiger partial charge in [-0.2, -0.15) is 0 Å². The number of rotatable bonds is 3. The number of nitrogen functional groups attached to an aromatic ring is 1. The van der Waals surface area contributed by atoms with E-state index in [9.17, 15) is 9.90 Å². The number of carboxylic acid groups (broad SMARTS) is 1. The van der Waals surface area contributed by atoms with Crippen LogP contribution in [0.15, 0.2) is 24.4 Å². The van der Waals surface area contributed by atoms with Crippen molar-refractivity contribution in [1.82, 2.24) is 9.97 Å². The Kier molecular flexibility index (Phi) is 3.66. The Hall–Kier alpha value is -2.63. The van der Waals surface area contributed by atoms with Crippen LogP contribution in [-0.4, -0.2) is 27.6 Å². The van der Waals surface area contributed by atoms with Crippen molar-refractivity contribution in [1.29, 1.82) is 0 Å². The smallest absolute Gasteiger partial charge is 0.335 e. The summed E-state index contributed by atoms with van der Waals surface area (Å²) < 4.78 is 0. The highest BCUT2D eigenvalue weighted by atomic mass is 16.4. The van der Waals surface area contributed by atoms with E-state index in [1.807, 2.05) is 19.1 Å². The second-order valence-electron chi connectivity index (χ2n) is 5.37. The van der Waals surface area contributed by atoms with Gasteiger partial charge in [0.1, 0.15) is 0 Å². The Labute approximate surface area is 128 Å². The zero-order valence-corrected chi connectivity index (χ0v) is 12.4. The van der Waals surface area contributed by atoms with Crippen molar-refractivity contribution in [3.63, 3.8) is 0 Å². The molecule has 0 saturated carbocycles. The number of carbonyl (C=O) groups is 1. The fourth-order valence-electron chi connectivity index (χ4n) is 2.83. The molecule has 3 N–H and O–H groups in total. The Balaban J connectivity index is 1.89. The lowest BCUT2D eigenvalue weighted by atomic mass is 10.0. The summed E-state index contributed by atoms with van der Waals surface area (Å²) >= 11 is 0. The zero-order chi connectivity index (χ0) is 15.7. The van der Waals surface area contributed by atoms with Crippen molar-refractivity contribution in [3.05, 3.63) is 46.8 Å². The minimum atomic E-state index is -0.878. The predicted octanol–water partition coefficient (Wildman–Crippen LogP) is 1.88. The molecular formula is C16H18N4O2. The number of aryl methyl sites for hydroxylation is 1. The molecule has 0 fully saturated rings. The van der Waals surface area contributed by atoms with Gasteiger partial charge in [-0.05, 0) is 30.2 Å². The molecule has 2 aromatic rings. The van der Waals surface area contributed by atoms with Gasteiger partial charge in [-0.1, -0.05) is 6.92 Å². The van der Waals surface area contributed by atoms with Gasteiger partial charge in [-0.25, -0.2) is 14.8 Å². The standard InChI is InChI=1S/C16H18N4O2/c1-2-10-7-12(3-4-13(10)15(21)22)20-6-5-14-11(9-20)8-18-16(17)19-14/h3-4,7-8H,2,5-6,9H2,1H3,(H,21,22)(H2,17,18,19). The number of carboxylic acids is 1. The molecule has 6 nitrogen and oxygen atoms in total. The van der Waals surface area contributed by atoms with Crippen LogP contribution in [-0.2, 0) is 19.4 Å². The van der Waals surface area contributed by atoms with Gasteiger partial charge in [0.15, 0.2) is 0 Å². The monoisotopic (exact) mass is 298 g/mol. The second-order valence-corrected chi connectivity index (χ2v) is 5.37. The van der Waals surface area contributed by atoms with Gasteiger partial charge in [0.25, 0.3) is 0 Å². The van der Waals surface area contributed by atoms with E-state index in [2.05, 4.69) is 14.9 Å². The third-order valence-corrected chi connectivity index (χ3v) is 4.02. The zero-order valence-electron chi connectivity index (χ0n) is 12.4. The minimum absolute atomic E-state index is 0.311. The van der Waals surface area contributed by atoms with E-state index in [0.29, 0.717) is 24.5 Å². The lowest BCUT2D eigenvalue weighted by molar-refractivity contribution is 0.0696. The molecule has 0 atom stereocenters. The molecule has 0 bridgehead atoms. The van der Waals surface area contributed by atoms with Gasteiger partial charge < -0.3 is 15.7 Å². The van der Waals surface area contributed by atoms with Gasteiger partial charge >= 0.3 is 5.97 Å². The molecule has 114 valence electrons. The first-order valence-corrected chi connectivity index (χ1v) is 7.30. The first kappa shape index (κ1) is 14.3. The molecule has 0 saturated heterocycles. The maximum atomic E-state index is 11.2. The van der Waals surface area contributed by atoms with E-state index in [1.54, 1.807) is 12.3 Å². The Morgan fingerprint density at radius 3 is 3.00 bits per heavy atom. The van der Waals surface area contributed by atoms with Crippen LogP contribution >= 0.6 is 0 Å². The number of benzene rings is 1. The lowest BCUT2D eigenvalue weighted by Crippen LogP contribution is -2.31. The van der Waals surface area contributed by atoms with Crippen LogP contribution in [0.2, 0.25) is 0 Å². The molecule has 0 spiro atoms. The summed E-state index contributed by atoms with van der Waals surface area (Å²) in [4.78, 5) is 21.8. The quantitative estimate of drug-likeness (QED) is 0.899. The van der Waals surface area contributed by atoms with Crippen molar-refractivity contribution in [2.24, 2.45) is 0 Å². The molecule has 2 heterocycles. The summed E-state index contributed by atoms with van der Waals surface area (Å²) in [5.41, 5.74) is 9.95. The Morgan fingerprint density at radius 1 is 1.45 bits per heavy atom. The van der Waals surface area contributed by atoms with E-state index < -0.39 is 5.97 Å². The molecule has 6 heteroatoms. The molecule has 1 aliphatic heterocycles. The number of aromatic nitrogens is 2. The number of nitrogens with two attached hydrogens (primary N) is 1. The first-order chi connectivity index (χ1) is 10.6. The van der Waals surface area contributed by atoms with Crippen LogP contribution in [0.25, 0.3) is 0 Å². The van der Waals surface area contributed by atoms with Crippen LogP contribution in [0.4, 0.5) is 11.6 Å². The molecule has 1 aromatic carbocycles. The highest BCUT2D eigenvalue weighted by Gasteiger charge is 2.19. The van der Waals surface area contributed by atoms with Crippen LogP contribution in [0.1, 0.15) is 34.1 Å². The summed E-state index contributed by atoms with van der Waals surface area (Å²) in [6, 6.07) is 5.52. The molecule has 3 rings (SSSR count). The molecule has 0 unspecified atom stereocenters. The van der Waals surface area contributed by atoms with E-state index >= 15 is 0 Å². The fourth-order valence-corrected chi connectivity index (χ4v) is 2.83. The minimum Gasteiger partial charge on any atom is -0.478 e. The summed E-state index contributed by atoms with van der Waals surface area (Å²) in [5.74, 6) is -0.567. The summed E-state index contributed by atoms with van der Waals surface area (Å²) in [7, 11) is 0. The van der Waals surface area contributed by atoms with Crippen molar-refractivity contribution in [2.75, 3.05) is 17.2 Å². The molecule has 22 heavy (non-hydrogen) atoms. The van der Waals surface area contributed by atoms with Crippen molar-refractivity contribution in [3.8, 4) is 0 Å². The second kappa shape index (κ2) is 5.63. The molecule has 1 aliphatic rings. The molecular weight excluding hydrogens is 280 g/mol. The molecule has 0 amide bonds. The summed E-state index contributed by atoms with van der Waals surface area (Å²) in [5, 5.41) is 9.21. The topological polar surface area (TPSA) is 92.3 Å². The van der Waals surface area contributed by atoms with E-state index in [4.69, 9.17) is 5.73 Å². The van der Waals surface area contributed by atoms with Crippen molar-refractivity contribution >= 4 is 17.6 Å². The Morgan fingerprint density at radius 2 is 2.27 bits per heavy atom. The SMILES string of the molecule is CCc1cc(N2CCc3nc(N)ncc3C2)ccc1C(=O)O. The average molecular weight is 298 g/mol. The van der Waals surface area contributed by atoms with Gasteiger partial charge in [0, 0.05) is 37.0 Å². The van der Waals surface area contributed by atoms with Gasteiger partial charge in [-0.3, -0.25) is 0 Å². The van der Waals surface area contributed by atoms with Crippen LogP contribution in [0.3, 0.4) is 0 Å². The number of hydrogen-bond donors (Lipinski definition) is 2. The van der Waals surface area contributed by atoms with Crippen molar-refractivity contribution < 1.29 is 9.90 Å². The van der Waals surface area contributed by atoms with Crippen LogP contribution in [0.5, 0.6) is 0 Å². The largest absolute Gasteiger partial charge is 0.478 e. The number of hydrogen-bond acceptors (Lipinski definition) is 5. The number of anilines is 2. The number of nitrogens with zero attached hydrogens (tertiary/aromatic N) is 3. The summed E-state index contributed by atoms with van der Waals surface area (Å²) in [6.45, 7) is 3.51. The molecule has 1 aromatic heterocycles. The third-order valence-electron chi connectivity index (χ3n) is 4.02. The van der Waals surface area contributed by atoms with E-state index in [0.717, 1.165) is 35.5 Å². The normalized spacial score (nSPS) is 13.8. The number of aromatic carboxylic acids is 1. The maximum Gasteiger partial charge on any atom is 0.335 e. The highest BCUT2D eigenvalue weighted by Crippen LogP contribution is 2.26. The predicted molar refractivity (Wildman–Crippen MR) is 84.0 cm³/mol. The van der Waals surface area contributed by atoms with Gasteiger partial charge in [-0.15, -0.1) is 0 Å². The Bertz CT molecular complexity index is 730. The highest BCUT2D eigenvalue weighted by molar-refractivity contribution is 5.90. The lowest BCUT2D eigenvalue weighted by Gasteiger charge is -2.30. The fraction of sp³-hybridized carbons (Fsp3) is 0.312. The van der Waals surface area contributed by atoms with Gasteiger partial charge in [0.05, 0.1) is 11.3 Å². The van der Waals surface area contributed by atoms with Crippen LogP contribution in [0, 0.1) is 0 Å². The molecule has 0 radical (unpaired) electrons. The van der Waals surface area contributed by atoms with E-state index in [-0.39, 0.29) is 0 Å². The average Bonchev–Trinajstić information content (AvgIpc) is 2.53. The maximum absolute atomic E-state index is 11.2.